The van der Waals surface area contributed by atoms with Gasteiger partial charge in [-0.2, -0.15) is 0 Å². The lowest BCUT2D eigenvalue weighted by atomic mass is 9.77. The summed E-state index contributed by atoms with van der Waals surface area (Å²) in [5.41, 5.74) is 0.159. The molecular weight excluding hydrogens is 306 g/mol. The van der Waals surface area contributed by atoms with E-state index in [2.05, 4.69) is 43.2 Å². The van der Waals surface area contributed by atoms with Gasteiger partial charge in [0, 0.05) is 11.1 Å². The fraction of sp³-hybridized carbons (Fsp3) is 0.778. The third-order valence-electron chi connectivity index (χ3n) is 5.53. The molecule has 1 amide bonds. The average Bonchev–Trinajstić information content (AvgIpc) is 2.91. The Morgan fingerprint density at radius 1 is 1.33 bits per heavy atom. The van der Waals surface area contributed by atoms with Gasteiger partial charge in [-0.25, -0.2) is 0 Å². The van der Waals surface area contributed by atoms with Crippen molar-refractivity contribution in [3.8, 4) is 0 Å². The van der Waals surface area contributed by atoms with Crippen LogP contribution in [0.4, 0.5) is 0 Å². The van der Waals surface area contributed by atoms with Crippen LogP contribution in [0.15, 0.2) is 4.52 Å². The molecule has 0 aromatic carbocycles. The second-order valence-corrected chi connectivity index (χ2v) is 7.22. The van der Waals surface area contributed by atoms with Crippen molar-refractivity contribution < 1.29 is 14.4 Å². The standard InChI is InChI=1S/C18H33N3O3/c1-8-10-11-21(7)18(6,9-2)17(4,5)19-16(23)15-13(3)14(12-22)24-20-15/h22H,8-12H2,1-7H3,(H,19,23). The average molecular weight is 339 g/mol. The maximum absolute atomic E-state index is 12.7. The molecule has 0 saturated carbocycles. The Labute approximate surface area is 145 Å². The molecule has 0 aliphatic carbocycles. The highest BCUT2D eigenvalue weighted by atomic mass is 16.5. The number of carbonyl (C=O) groups is 1. The summed E-state index contributed by atoms with van der Waals surface area (Å²) in [4.78, 5) is 15.0. The number of aliphatic hydroxyl groups is 1. The SMILES string of the molecule is CCCCN(C)C(C)(CC)C(C)(C)NC(=O)c1noc(CO)c1C. The van der Waals surface area contributed by atoms with Crippen LogP contribution >= 0.6 is 0 Å². The first-order valence-electron chi connectivity index (χ1n) is 8.74. The third-order valence-corrected chi connectivity index (χ3v) is 5.53. The van der Waals surface area contributed by atoms with Crippen molar-refractivity contribution in [2.75, 3.05) is 13.6 Å². The van der Waals surface area contributed by atoms with Gasteiger partial charge in [0.25, 0.3) is 5.91 Å². The fourth-order valence-electron chi connectivity index (χ4n) is 3.04. The lowest BCUT2D eigenvalue weighted by Crippen LogP contribution is -2.66. The van der Waals surface area contributed by atoms with Crippen molar-refractivity contribution in [3.63, 3.8) is 0 Å². The van der Waals surface area contributed by atoms with E-state index in [1.807, 2.05) is 13.8 Å². The zero-order chi connectivity index (χ0) is 18.5. The molecule has 1 atom stereocenters. The van der Waals surface area contributed by atoms with Gasteiger partial charge in [0.2, 0.25) is 0 Å². The van der Waals surface area contributed by atoms with Crippen molar-refractivity contribution in [1.82, 2.24) is 15.4 Å². The van der Waals surface area contributed by atoms with Crippen molar-refractivity contribution in [2.24, 2.45) is 0 Å². The van der Waals surface area contributed by atoms with E-state index in [4.69, 9.17) is 4.52 Å². The molecule has 2 N–H and O–H groups in total. The van der Waals surface area contributed by atoms with E-state index in [-0.39, 0.29) is 23.7 Å². The van der Waals surface area contributed by atoms with Crippen molar-refractivity contribution in [1.29, 1.82) is 0 Å². The normalized spacial score (nSPS) is 14.7. The second kappa shape index (κ2) is 8.12. The summed E-state index contributed by atoms with van der Waals surface area (Å²) in [6.45, 7) is 13.0. The molecule has 1 heterocycles. The van der Waals surface area contributed by atoms with E-state index in [1.54, 1.807) is 6.92 Å². The van der Waals surface area contributed by atoms with Crippen LogP contribution in [0, 0.1) is 6.92 Å². The van der Waals surface area contributed by atoms with Gasteiger partial charge in [-0.1, -0.05) is 25.4 Å². The first-order valence-corrected chi connectivity index (χ1v) is 8.74. The quantitative estimate of drug-likeness (QED) is 0.723. The van der Waals surface area contributed by atoms with E-state index in [0.29, 0.717) is 11.3 Å². The van der Waals surface area contributed by atoms with Crippen LogP contribution in [0.5, 0.6) is 0 Å². The minimum absolute atomic E-state index is 0.199. The van der Waals surface area contributed by atoms with Gasteiger partial charge in [-0.15, -0.1) is 0 Å². The van der Waals surface area contributed by atoms with Gasteiger partial charge in [0.1, 0.15) is 6.61 Å². The number of hydrogen-bond donors (Lipinski definition) is 2. The number of nitrogens with zero attached hydrogens (tertiary/aromatic N) is 2. The molecule has 6 nitrogen and oxygen atoms in total. The molecule has 1 aromatic heterocycles. The Morgan fingerprint density at radius 2 is 1.96 bits per heavy atom. The molecule has 1 aromatic rings. The number of carbonyl (C=O) groups excluding carboxylic acids is 1. The third kappa shape index (κ3) is 3.98. The van der Waals surface area contributed by atoms with Crippen molar-refractivity contribution in [3.05, 3.63) is 17.0 Å². The second-order valence-electron chi connectivity index (χ2n) is 7.22. The Hall–Kier alpha value is -1.40. The molecule has 138 valence electrons. The summed E-state index contributed by atoms with van der Waals surface area (Å²) in [5, 5.41) is 16.1. The number of amides is 1. The molecule has 0 aliphatic heterocycles. The summed E-state index contributed by atoms with van der Waals surface area (Å²) in [5.74, 6) is 0.0563. The largest absolute Gasteiger partial charge is 0.388 e. The first-order chi connectivity index (χ1) is 11.1. The number of unbranched alkanes of at least 4 members (excludes halogenated alkanes) is 1. The zero-order valence-electron chi connectivity index (χ0n) is 16.2. The van der Waals surface area contributed by atoms with Crippen LogP contribution in [0.1, 0.15) is 75.7 Å². The van der Waals surface area contributed by atoms with Crippen LogP contribution in [0.25, 0.3) is 0 Å². The molecule has 0 fully saturated rings. The van der Waals surface area contributed by atoms with E-state index >= 15 is 0 Å². The van der Waals surface area contributed by atoms with Crippen LogP contribution in [-0.4, -0.2) is 45.7 Å². The summed E-state index contributed by atoms with van der Waals surface area (Å²) in [7, 11) is 2.11. The predicted octanol–water partition coefficient (Wildman–Crippen LogP) is 2.88. The van der Waals surface area contributed by atoms with Crippen LogP contribution in [0.3, 0.4) is 0 Å². The Kier molecular flexibility index (Phi) is 6.98. The van der Waals surface area contributed by atoms with Crippen LogP contribution < -0.4 is 5.32 Å². The Morgan fingerprint density at radius 3 is 2.42 bits per heavy atom. The monoisotopic (exact) mass is 339 g/mol. The molecule has 0 aliphatic rings. The molecule has 24 heavy (non-hydrogen) atoms. The molecule has 6 heteroatoms. The Balaban J connectivity index is 2.99. The van der Waals surface area contributed by atoms with Gasteiger partial charge in [-0.3, -0.25) is 9.69 Å². The first kappa shape index (κ1) is 20.6. The number of likely N-dealkylation sites (N-methyl/N-ethyl adjacent to an activating group) is 1. The summed E-state index contributed by atoms with van der Waals surface area (Å²) in [6, 6.07) is 0. The number of hydrogen-bond acceptors (Lipinski definition) is 5. The minimum atomic E-state index is -0.466. The molecule has 1 rings (SSSR count). The highest BCUT2D eigenvalue weighted by Crippen LogP contribution is 2.31. The summed E-state index contributed by atoms with van der Waals surface area (Å²) >= 11 is 0. The van der Waals surface area contributed by atoms with E-state index in [1.165, 1.54) is 0 Å². The molecule has 0 saturated heterocycles. The van der Waals surface area contributed by atoms with Crippen molar-refractivity contribution >= 4 is 5.91 Å². The highest BCUT2D eigenvalue weighted by Gasteiger charge is 2.44. The molecule has 0 radical (unpaired) electrons. The van der Waals surface area contributed by atoms with Crippen LogP contribution in [0.2, 0.25) is 0 Å². The van der Waals surface area contributed by atoms with Gasteiger partial charge in [0.05, 0.1) is 5.54 Å². The number of nitrogens with one attached hydrogen (secondary N) is 1. The molecular formula is C18H33N3O3. The predicted molar refractivity (Wildman–Crippen MR) is 94.9 cm³/mol. The van der Waals surface area contributed by atoms with Gasteiger partial charge in [0.15, 0.2) is 11.5 Å². The topological polar surface area (TPSA) is 78.6 Å². The highest BCUT2D eigenvalue weighted by molar-refractivity contribution is 5.94. The number of rotatable bonds is 9. The maximum atomic E-state index is 12.7. The van der Waals surface area contributed by atoms with Crippen LogP contribution in [-0.2, 0) is 6.61 Å². The van der Waals surface area contributed by atoms with Gasteiger partial charge in [-0.05, 0) is 54.1 Å². The number of aliphatic hydroxyl groups excluding tert-OH is 1. The van der Waals surface area contributed by atoms with E-state index in [9.17, 15) is 9.90 Å². The van der Waals surface area contributed by atoms with E-state index < -0.39 is 5.54 Å². The fourth-order valence-corrected chi connectivity index (χ4v) is 3.04. The van der Waals surface area contributed by atoms with Crippen molar-refractivity contribution in [2.45, 2.75) is 78.5 Å². The zero-order valence-corrected chi connectivity index (χ0v) is 16.2. The van der Waals surface area contributed by atoms with E-state index in [0.717, 1.165) is 25.8 Å². The van der Waals surface area contributed by atoms with Gasteiger partial charge < -0.3 is 14.9 Å². The maximum Gasteiger partial charge on any atom is 0.274 e. The Bertz CT molecular complexity index is 554. The summed E-state index contributed by atoms with van der Waals surface area (Å²) < 4.78 is 5.02. The minimum Gasteiger partial charge on any atom is -0.388 e. The molecule has 1 unspecified atom stereocenters. The summed E-state index contributed by atoms with van der Waals surface area (Å²) in [6.07, 6.45) is 3.16. The molecule has 0 spiro atoms. The lowest BCUT2D eigenvalue weighted by Gasteiger charge is -2.50. The smallest absolute Gasteiger partial charge is 0.274 e. The molecule has 0 bridgehead atoms. The lowest BCUT2D eigenvalue weighted by molar-refractivity contribution is 0.0367. The van der Waals surface area contributed by atoms with Gasteiger partial charge >= 0.3 is 0 Å². The number of aromatic nitrogens is 1.